The molecule has 0 aliphatic carbocycles. The van der Waals surface area contributed by atoms with Gasteiger partial charge >= 0.3 is 0 Å². The maximum absolute atomic E-state index is 12.8. The number of anilines is 2. The van der Waals surface area contributed by atoms with Crippen molar-refractivity contribution in [2.24, 2.45) is 40.9 Å². The zero-order valence-corrected chi connectivity index (χ0v) is 39.4. The highest BCUT2D eigenvalue weighted by molar-refractivity contribution is 7.87. The number of nitrogens with two attached hydrogens (primary N) is 1. The number of carbonyl (C=O) groups excluding carboxylic acids is 1. The van der Waals surface area contributed by atoms with Crippen LogP contribution in [-0.2, 0) is 30.4 Å². The molecule has 0 saturated carbocycles. The Kier molecular flexibility index (Phi) is 14.1. The van der Waals surface area contributed by atoms with Crippen LogP contribution in [0, 0.1) is 20.8 Å². The van der Waals surface area contributed by atoms with Crippen molar-refractivity contribution in [1.82, 2.24) is 0 Å². The van der Waals surface area contributed by atoms with Gasteiger partial charge in [0.05, 0.1) is 40.4 Å². The van der Waals surface area contributed by atoms with Gasteiger partial charge in [0.1, 0.15) is 32.6 Å². The van der Waals surface area contributed by atoms with Gasteiger partial charge in [-0.1, -0.05) is 0 Å². The Morgan fingerprint density at radius 1 is 0.543 bits per heavy atom. The normalized spacial score (nSPS) is 12.5. The van der Waals surface area contributed by atoms with E-state index in [9.17, 15) is 48.8 Å². The summed E-state index contributed by atoms with van der Waals surface area (Å²) in [5, 5.41) is 47.7. The van der Waals surface area contributed by atoms with Crippen LogP contribution in [0.2, 0.25) is 0 Å². The maximum atomic E-state index is 12.8. The molecule has 358 valence electrons. The van der Waals surface area contributed by atoms with E-state index in [-0.39, 0.29) is 33.6 Å². The predicted octanol–water partition coefficient (Wildman–Crippen LogP) is 11.7. The van der Waals surface area contributed by atoms with Crippen molar-refractivity contribution in [1.29, 1.82) is 0 Å². The van der Waals surface area contributed by atoms with Gasteiger partial charge in [-0.25, -0.2) is 0 Å². The first-order chi connectivity index (χ1) is 33.0. The molecule has 0 heterocycles. The average molecular weight is 1010 g/mol. The number of hydrogen-bond donors (Lipinski definition) is 6. The zero-order valence-electron chi connectivity index (χ0n) is 36.9. The molecular formula is C45H38N10O12S3. The van der Waals surface area contributed by atoms with Gasteiger partial charge in [0, 0.05) is 28.4 Å². The molecule has 0 spiro atoms. The minimum atomic E-state index is -4.97. The summed E-state index contributed by atoms with van der Waals surface area (Å²) in [4.78, 5) is 10.4. The standard InChI is InChI=1S/C45H38N10O12S3/c1-24-17-32(10-14-35(24)50-48-31-11-15-36(25(2)18-31)51-52-37-16-12-33(68(58,59)60)22-41(37)69(61,62)63)49-53-38-23-40(67-4)39(19-26(38)3)54-55-43-42(70(64,65)66)21-28-20-30(9-13-34(28)44(43)56)47-45(57)27-5-7-29(46)8-6-27/h5-23,56H,46H2,1-4H3,(H,47,57)(H,58,59,60)(H,61,62,63)(H,64,65,66). The van der Waals surface area contributed by atoms with Crippen LogP contribution in [0.15, 0.2) is 171 Å². The second-order valence-electron chi connectivity index (χ2n) is 15.2. The lowest BCUT2D eigenvalue weighted by atomic mass is 10.1. The van der Waals surface area contributed by atoms with Crippen molar-refractivity contribution in [3.63, 3.8) is 0 Å². The number of ether oxygens (including phenoxy) is 1. The molecule has 70 heavy (non-hydrogen) atoms. The third-order valence-corrected chi connectivity index (χ3v) is 12.8. The number of nitrogens with one attached hydrogen (secondary N) is 1. The Morgan fingerprint density at radius 2 is 1.09 bits per heavy atom. The van der Waals surface area contributed by atoms with E-state index in [4.69, 9.17) is 10.5 Å². The van der Waals surface area contributed by atoms with Gasteiger partial charge in [0.2, 0.25) is 0 Å². The Bertz CT molecular complexity index is 3740. The zero-order chi connectivity index (χ0) is 50.7. The van der Waals surface area contributed by atoms with Gasteiger partial charge in [-0.15, -0.1) is 15.3 Å². The number of fused-ring (bicyclic) bond motifs is 1. The Balaban J connectivity index is 1.06. The van der Waals surface area contributed by atoms with Crippen LogP contribution >= 0.6 is 0 Å². The van der Waals surface area contributed by atoms with E-state index < -0.39 is 62.4 Å². The van der Waals surface area contributed by atoms with Gasteiger partial charge in [-0.2, -0.15) is 50.8 Å². The number of benzene rings is 7. The minimum absolute atomic E-state index is 0.126. The Labute approximate surface area is 399 Å². The number of phenolic OH excluding ortho intramolecular Hbond substituents is 1. The van der Waals surface area contributed by atoms with Crippen LogP contribution in [0.3, 0.4) is 0 Å². The summed E-state index contributed by atoms with van der Waals surface area (Å²) in [7, 11) is -13.3. The molecule has 7 aromatic rings. The molecule has 7 rings (SSSR count). The topological polar surface area (TPSA) is 347 Å². The summed E-state index contributed by atoms with van der Waals surface area (Å²) in [6.07, 6.45) is 0. The summed E-state index contributed by atoms with van der Waals surface area (Å²) < 4.78 is 106. The summed E-state index contributed by atoms with van der Waals surface area (Å²) in [6, 6.07) is 27.0. The number of phenols is 1. The second-order valence-corrected chi connectivity index (χ2v) is 19.4. The fourth-order valence-electron chi connectivity index (χ4n) is 6.58. The van der Waals surface area contributed by atoms with Gasteiger partial charge in [-0.05, 0) is 152 Å². The van der Waals surface area contributed by atoms with Crippen molar-refractivity contribution >= 4 is 104 Å². The molecular weight excluding hydrogens is 969 g/mol. The van der Waals surface area contributed by atoms with Crippen LogP contribution < -0.4 is 15.8 Å². The quantitative estimate of drug-likeness (QED) is 0.0336. The molecule has 0 aliphatic rings. The molecule has 0 atom stereocenters. The first-order valence-corrected chi connectivity index (χ1v) is 24.4. The number of methoxy groups -OCH3 is 1. The lowest BCUT2D eigenvalue weighted by molar-refractivity contribution is 0.102. The summed E-state index contributed by atoms with van der Waals surface area (Å²) in [6.45, 7) is 5.19. The summed E-state index contributed by atoms with van der Waals surface area (Å²) in [5.74, 6) is -0.902. The largest absolute Gasteiger partial charge is 0.505 e. The number of nitrogen functional groups attached to an aromatic ring is 1. The van der Waals surface area contributed by atoms with Crippen molar-refractivity contribution in [3.8, 4) is 11.5 Å². The highest BCUT2D eigenvalue weighted by Crippen LogP contribution is 2.44. The highest BCUT2D eigenvalue weighted by Gasteiger charge is 2.24. The Morgan fingerprint density at radius 3 is 1.66 bits per heavy atom. The molecule has 0 aromatic heterocycles. The molecule has 0 aliphatic heterocycles. The van der Waals surface area contributed by atoms with Gasteiger partial charge in [-0.3, -0.25) is 18.5 Å². The number of nitrogens with zero attached hydrogens (tertiary/aromatic N) is 8. The third-order valence-electron chi connectivity index (χ3n) is 10.2. The number of carbonyl (C=O) groups is 1. The van der Waals surface area contributed by atoms with Crippen molar-refractivity contribution in [3.05, 3.63) is 138 Å². The minimum Gasteiger partial charge on any atom is -0.505 e. The van der Waals surface area contributed by atoms with Crippen LogP contribution in [0.4, 0.5) is 56.9 Å². The van der Waals surface area contributed by atoms with Crippen LogP contribution in [0.25, 0.3) is 10.8 Å². The molecule has 22 nitrogen and oxygen atoms in total. The third kappa shape index (κ3) is 11.5. The van der Waals surface area contributed by atoms with Crippen molar-refractivity contribution in [2.75, 3.05) is 18.2 Å². The summed E-state index contributed by atoms with van der Waals surface area (Å²) >= 11 is 0. The number of rotatable bonds is 14. The van der Waals surface area contributed by atoms with E-state index >= 15 is 0 Å². The molecule has 1 amide bonds. The fraction of sp³-hybridized carbons (Fsp3) is 0.0889. The first-order valence-electron chi connectivity index (χ1n) is 20.1. The van der Waals surface area contributed by atoms with Gasteiger partial charge < -0.3 is 20.9 Å². The van der Waals surface area contributed by atoms with Crippen molar-refractivity contribution in [2.45, 2.75) is 35.5 Å². The molecule has 0 radical (unpaired) electrons. The van der Waals surface area contributed by atoms with E-state index in [1.165, 1.54) is 49.6 Å². The van der Waals surface area contributed by atoms with Crippen LogP contribution in [-0.4, -0.2) is 57.0 Å². The molecule has 0 fully saturated rings. The van der Waals surface area contributed by atoms with E-state index in [1.807, 2.05) is 0 Å². The number of amides is 1. The van der Waals surface area contributed by atoms with E-state index in [2.05, 4.69) is 46.2 Å². The van der Waals surface area contributed by atoms with Crippen LogP contribution in [0.5, 0.6) is 11.5 Å². The van der Waals surface area contributed by atoms with Crippen LogP contribution in [0.1, 0.15) is 27.0 Å². The summed E-state index contributed by atoms with van der Waals surface area (Å²) in [5.41, 5.74) is 9.90. The molecule has 0 saturated heterocycles. The molecule has 0 unspecified atom stereocenters. The smallest absolute Gasteiger partial charge is 0.296 e. The van der Waals surface area contributed by atoms with E-state index in [0.717, 1.165) is 18.2 Å². The van der Waals surface area contributed by atoms with Gasteiger partial charge in [0.25, 0.3) is 36.3 Å². The molecule has 25 heteroatoms. The lowest BCUT2D eigenvalue weighted by Gasteiger charge is -2.12. The number of hydrogen-bond acceptors (Lipinski definition) is 18. The maximum Gasteiger partial charge on any atom is 0.296 e. The number of aromatic hydroxyl groups is 1. The van der Waals surface area contributed by atoms with E-state index in [0.29, 0.717) is 62.4 Å². The fourth-order valence-corrected chi connectivity index (χ4v) is 8.47. The molecule has 7 N–H and O–H groups in total. The van der Waals surface area contributed by atoms with Crippen molar-refractivity contribution < 1.29 is 53.5 Å². The molecule has 7 aromatic carbocycles. The Hall–Kier alpha value is -8.20. The van der Waals surface area contributed by atoms with E-state index in [1.54, 1.807) is 69.3 Å². The molecule has 0 bridgehead atoms. The number of azo groups is 4. The monoisotopic (exact) mass is 1010 g/mol. The first kappa shape index (κ1) is 49.7. The van der Waals surface area contributed by atoms with Gasteiger partial charge in [0.15, 0.2) is 5.75 Å². The lowest BCUT2D eigenvalue weighted by Crippen LogP contribution is -2.11. The average Bonchev–Trinajstić information content (AvgIpc) is 3.29. The SMILES string of the molecule is COc1cc(N=Nc2ccc(N=Nc3ccc(N=Nc4ccc(S(=O)(=O)O)cc4S(=O)(=O)O)c(C)c3)c(C)c2)c(C)cc1N=Nc1c(S(=O)(=O)O)cc2cc(NC(=O)c3ccc(N)cc3)ccc2c1O. The highest BCUT2D eigenvalue weighted by atomic mass is 32.2. The number of aryl methyl sites for hydroxylation is 3. The second kappa shape index (κ2) is 19.8. The predicted molar refractivity (Wildman–Crippen MR) is 257 cm³/mol.